The minimum atomic E-state index is -0.902. The maximum atomic E-state index is 11.9. The number of nitrogens with zero attached hydrogens (tertiary/aromatic N) is 1. The first-order valence-corrected chi connectivity index (χ1v) is 7.35. The topological polar surface area (TPSA) is 79.3 Å². The van der Waals surface area contributed by atoms with Crippen molar-refractivity contribution in [3.63, 3.8) is 0 Å². The van der Waals surface area contributed by atoms with Crippen molar-refractivity contribution in [2.45, 2.75) is 18.8 Å². The Morgan fingerprint density at radius 2 is 2.16 bits per heavy atom. The molecule has 2 aromatic heterocycles. The van der Waals surface area contributed by atoms with Crippen molar-refractivity contribution in [1.29, 1.82) is 0 Å². The van der Waals surface area contributed by atoms with Crippen LogP contribution in [0.1, 0.15) is 23.6 Å². The second kappa shape index (κ2) is 6.44. The number of hydrogen-bond acceptors (Lipinski definition) is 5. The zero-order valence-electron chi connectivity index (χ0n) is 9.91. The van der Waals surface area contributed by atoms with E-state index in [1.165, 1.54) is 22.7 Å². The molecule has 100 valence electrons. The van der Waals surface area contributed by atoms with Gasteiger partial charge in [0.1, 0.15) is 0 Å². The molecule has 1 atom stereocenters. The molecule has 0 aliphatic heterocycles. The van der Waals surface area contributed by atoms with E-state index in [0.29, 0.717) is 5.13 Å². The summed E-state index contributed by atoms with van der Waals surface area (Å²) in [6.45, 7) is 0. The Balaban J connectivity index is 1.99. The van der Waals surface area contributed by atoms with Crippen molar-refractivity contribution in [2.24, 2.45) is 0 Å². The molecule has 2 aromatic rings. The number of anilines is 1. The van der Waals surface area contributed by atoms with Crippen LogP contribution in [0.2, 0.25) is 0 Å². The lowest BCUT2D eigenvalue weighted by molar-refractivity contribution is -0.137. The number of nitrogens with one attached hydrogen (secondary N) is 1. The Kier molecular flexibility index (Phi) is 4.64. The molecule has 0 fully saturated rings. The smallest absolute Gasteiger partial charge is 0.304 e. The molecule has 5 nitrogen and oxygen atoms in total. The van der Waals surface area contributed by atoms with Crippen LogP contribution in [-0.2, 0) is 9.59 Å². The van der Waals surface area contributed by atoms with Gasteiger partial charge in [0, 0.05) is 28.8 Å². The molecule has 2 heterocycles. The van der Waals surface area contributed by atoms with Crippen LogP contribution in [0.15, 0.2) is 29.1 Å². The van der Waals surface area contributed by atoms with E-state index >= 15 is 0 Å². The molecule has 0 spiro atoms. The monoisotopic (exact) mass is 296 g/mol. The van der Waals surface area contributed by atoms with Crippen molar-refractivity contribution < 1.29 is 14.7 Å². The summed E-state index contributed by atoms with van der Waals surface area (Å²) in [7, 11) is 0. The second-order valence-corrected chi connectivity index (χ2v) is 5.77. The third kappa shape index (κ3) is 4.15. The summed E-state index contributed by atoms with van der Waals surface area (Å²) >= 11 is 2.80. The van der Waals surface area contributed by atoms with Crippen LogP contribution in [0, 0.1) is 0 Å². The summed E-state index contributed by atoms with van der Waals surface area (Å²) in [5, 5.41) is 15.8. The second-order valence-electron chi connectivity index (χ2n) is 3.90. The third-order valence-corrected chi connectivity index (χ3v) is 4.20. The van der Waals surface area contributed by atoms with Crippen molar-refractivity contribution >= 4 is 39.7 Å². The predicted octanol–water partition coefficient (Wildman–Crippen LogP) is 2.79. The molecule has 7 heteroatoms. The van der Waals surface area contributed by atoms with Crippen LogP contribution in [0.25, 0.3) is 0 Å². The van der Waals surface area contributed by atoms with Gasteiger partial charge in [-0.15, -0.1) is 22.7 Å². The summed E-state index contributed by atoms with van der Waals surface area (Å²) in [6.07, 6.45) is 1.70. The Hall–Kier alpha value is -1.73. The lowest BCUT2D eigenvalue weighted by Gasteiger charge is -2.12. The number of carbonyl (C=O) groups is 2. The summed E-state index contributed by atoms with van der Waals surface area (Å²) in [5.74, 6) is -1.41. The number of thiazole rings is 1. The first-order chi connectivity index (χ1) is 9.15. The Labute approximate surface area is 117 Å². The largest absolute Gasteiger partial charge is 0.481 e. The van der Waals surface area contributed by atoms with Gasteiger partial charge in [0.05, 0.1) is 6.42 Å². The lowest BCUT2D eigenvalue weighted by Crippen LogP contribution is -2.17. The van der Waals surface area contributed by atoms with Crippen molar-refractivity contribution in [2.75, 3.05) is 5.32 Å². The number of amides is 1. The molecule has 0 aliphatic carbocycles. The van der Waals surface area contributed by atoms with Crippen LogP contribution in [0.5, 0.6) is 0 Å². The third-order valence-electron chi connectivity index (χ3n) is 2.48. The molecular formula is C12H12N2O3S2. The fourth-order valence-electron chi connectivity index (χ4n) is 1.69. The van der Waals surface area contributed by atoms with Crippen LogP contribution < -0.4 is 5.32 Å². The van der Waals surface area contributed by atoms with E-state index in [9.17, 15) is 9.59 Å². The molecule has 0 aromatic carbocycles. The molecule has 1 amide bonds. The van der Waals surface area contributed by atoms with Gasteiger partial charge in [-0.05, 0) is 11.4 Å². The Morgan fingerprint density at radius 1 is 1.32 bits per heavy atom. The maximum Gasteiger partial charge on any atom is 0.304 e. The Bertz CT molecular complexity index is 537. The number of carbonyl (C=O) groups excluding carboxylic acids is 1. The fourth-order valence-corrected chi connectivity index (χ4v) is 3.06. The summed E-state index contributed by atoms with van der Waals surface area (Å²) < 4.78 is 0. The molecule has 0 saturated heterocycles. The van der Waals surface area contributed by atoms with Gasteiger partial charge in [-0.1, -0.05) is 6.07 Å². The number of aromatic nitrogens is 1. The van der Waals surface area contributed by atoms with Crippen molar-refractivity contribution in [1.82, 2.24) is 4.98 Å². The van der Waals surface area contributed by atoms with Crippen molar-refractivity contribution in [3.8, 4) is 0 Å². The van der Waals surface area contributed by atoms with E-state index in [-0.39, 0.29) is 24.7 Å². The summed E-state index contributed by atoms with van der Waals surface area (Å²) in [6, 6.07) is 3.71. The maximum absolute atomic E-state index is 11.9. The van der Waals surface area contributed by atoms with Gasteiger partial charge in [-0.3, -0.25) is 9.59 Å². The standard InChI is InChI=1S/C12H12N2O3S2/c15-10(14-12-13-3-5-19-12)6-8(7-11(16)17)9-2-1-4-18-9/h1-5,8H,6-7H2,(H,16,17)(H,13,14,15)/t8-/m0/s1. The average molecular weight is 296 g/mol. The average Bonchev–Trinajstić information content (AvgIpc) is 2.99. The number of carboxylic acids is 1. The molecule has 2 rings (SSSR count). The first kappa shape index (κ1) is 13.7. The van der Waals surface area contributed by atoms with Gasteiger partial charge in [0.15, 0.2) is 5.13 Å². The normalized spacial score (nSPS) is 12.0. The first-order valence-electron chi connectivity index (χ1n) is 5.59. The molecule has 2 N–H and O–H groups in total. The molecule has 0 saturated carbocycles. The van der Waals surface area contributed by atoms with Gasteiger partial charge in [0.2, 0.25) is 5.91 Å². The molecule has 0 aliphatic rings. The Morgan fingerprint density at radius 3 is 2.74 bits per heavy atom. The van der Waals surface area contributed by atoms with Gasteiger partial charge in [-0.25, -0.2) is 4.98 Å². The number of aliphatic carboxylic acids is 1. The summed E-state index contributed by atoms with van der Waals surface area (Å²) in [5.41, 5.74) is 0. The minimum absolute atomic E-state index is 0.0498. The highest BCUT2D eigenvalue weighted by molar-refractivity contribution is 7.13. The van der Waals surface area contributed by atoms with E-state index in [1.54, 1.807) is 11.6 Å². The van der Waals surface area contributed by atoms with Gasteiger partial charge < -0.3 is 10.4 Å². The highest BCUT2D eigenvalue weighted by Crippen LogP contribution is 2.28. The molecular weight excluding hydrogens is 284 g/mol. The van der Waals surface area contributed by atoms with Crippen LogP contribution in [0.3, 0.4) is 0 Å². The zero-order valence-corrected chi connectivity index (χ0v) is 11.5. The summed E-state index contributed by atoms with van der Waals surface area (Å²) in [4.78, 5) is 27.6. The van der Waals surface area contributed by atoms with E-state index < -0.39 is 5.97 Å². The zero-order chi connectivity index (χ0) is 13.7. The predicted molar refractivity (Wildman–Crippen MR) is 74.7 cm³/mol. The number of carboxylic acid groups (broad SMARTS) is 1. The van der Waals surface area contributed by atoms with E-state index in [0.717, 1.165) is 4.88 Å². The lowest BCUT2D eigenvalue weighted by atomic mass is 9.99. The van der Waals surface area contributed by atoms with Crippen LogP contribution >= 0.6 is 22.7 Å². The van der Waals surface area contributed by atoms with Gasteiger partial charge in [-0.2, -0.15) is 0 Å². The highest BCUT2D eigenvalue weighted by atomic mass is 32.1. The molecule has 0 radical (unpaired) electrons. The molecule has 0 unspecified atom stereocenters. The number of rotatable bonds is 6. The van der Waals surface area contributed by atoms with Gasteiger partial charge >= 0.3 is 5.97 Å². The number of thiophene rings is 1. The SMILES string of the molecule is O=C(O)C[C@H](CC(=O)Nc1nccs1)c1cccs1. The van der Waals surface area contributed by atoms with Crippen LogP contribution in [0.4, 0.5) is 5.13 Å². The molecule has 19 heavy (non-hydrogen) atoms. The van der Waals surface area contributed by atoms with Crippen LogP contribution in [-0.4, -0.2) is 22.0 Å². The van der Waals surface area contributed by atoms with E-state index in [2.05, 4.69) is 10.3 Å². The molecule has 0 bridgehead atoms. The quantitative estimate of drug-likeness (QED) is 0.859. The minimum Gasteiger partial charge on any atom is -0.481 e. The fraction of sp³-hybridized carbons (Fsp3) is 0.250. The van der Waals surface area contributed by atoms with E-state index in [1.807, 2.05) is 17.5 Å². The van der Waals surface area contributed by atoms with Crippen molar-refractivity contribution in [3.05, 3.63) is 34.0 Å². The van der Waals surface area contributed by atoms with E-state index in [4.69, 9.17) is 5.11 Å². The van der Waals surface area contributed by atoms with Gasteiger partial charge in [0.25, 0.3) is 0 Å². The number of hydrogen-bond donors (Lipinski definition) is 2. The highest BCUT2D eigenvalue weighted by Gasteiger charge is 2.20.